The van der Waals surface area contributed by atoms with E-state index in [1.165, 1.54) is 11.1 Å². The number of carbonyl (C=O) groups excluding carboxylic acids is 1. The van der Waals surface area contributed by atoms with Gasteiger partial charge in [0, 0.05) is 6.04 Å². The van der Waals surface area contributed by atoms with Crippen molar-refractivity contribution >= 4 is 5.91 Å². The number of benzene rings is 1. The molecule has 2 aliphatic rings. The Balaban J connectivity index is 1.87. The van der Waals surface area contributed by atoms with Gasteiger partial charge in [-0.25, -0.2) is 0 Å². The fourth-order valence-corrected chi connectivity index (χ4v) is 2.68. The molecule has 18 heavy (non-hydrogen) atoms. The summed E-state index contributed by atoms with van der Waals surface area (Å²) in [5.74, 6) is 0.252. The average Bonchev–Trinajstić information content (AvgIpc) is 3.18. The average molecular weight is 244 g/mol. The zero-order valence-corrected chi connectivity index (χ0v) is 11.0. The van der Waals surface area contributed by atoms with Crippen molar-refractivity contribution in [1.29, 1.82) is 0 Å². The highest BCUT2D eigenvalue weighted by molar-refractivity contribution is 5.84. The summed E-state index contributed by atoms with van der Waals surface area (Å²) >= 11 is 0. The molecule has 96 valence electrons. The van der Waals surface area contributed by atoms with Gasteiger partial charge in [-0.15, -0.1) is 0 Å². The van der Waals surface area contributed by atoms with Gasteiger partial charge in [-0.05, 0) is 37.3 Å². The lowest BCUT2D eigenvalue weighted by Crippen LogP contribution is -2.32. The summed E-state index contributed by atoms with van der Waals surface area (Å²) in [7, 11) is 0. The van der Waals surface area contributed by atoms with Crippen molar-refractivity contribution in [3.8, 4) is 0 Å². The minimum Gasteiger partial charge on any atom is -0.319 e. The van der Waals surface area contributed by atoms with Gasteiger partial charge in [-0.3, -0.25) is 10.1 Å². The molecule has 3 nitrogen and oxygen atoms in total. The van der Waals surface area contributed by atoms with Gasteiger partial charge in [-0.1, -0.05) is 31.2 Å². The van der Waals surface area contributed by atoms with Crippen LogP contribution in [0.3, 0.4) is 0 Å². The molecule has 1 aromatic rings. The molecular formula is C15H20N2O. The molecule has 2 fully saturated rings. The SMILES string of the molecule is CCc1ccc(C2NC(C)C(=O)N2C2CC2)cc1. The number of nitrogens with zero attached hydrogens (tertiary/aromatic N) is 1. The van der Waals surface area contributed by atoms with Gasteiger partial charge in [0.25, 0.3) is 0 Å². The van der Waals surface area contributed by atoms with E-state index in [1.54, 1.807) is 0 Å². The van der Waals surface area contributed by atoms with Gasteiger partial charge >= 0.3 is 0 Å². The fourth-order valence-electron chi connectivity index (χ4n) is 2.68. The summed E-state index contributed by atoms with van der Waals surface area (Å²) in [6.45, 7) is 4.11. The lowest BCUT2D eigenvalue weighted by molar-refractivity contribution is -0.130. The summed E-state index contributed by atoms with van der Waals surface area (Å²) in [5.41, 5.74) is 2.55. The van der Waals surface area contributed by atoms with Crippen LogP contribution in [0.1, 0.15) is 44.0 Å². The van der Waals surface area contributed by atoms with Gasteiger partial charge in [0.15, 0.2) is 0 Å². The molecule has 1 saturated carbocycles. The van der Waals surface area contributed by atoms with E-state index in [0.717, 1.165) is 19.3 Å². The third-order valence-corrected chi connectivity index (χ3v) is 3.95. The predicted molar refractivity (Wildman–Crippen MR) is 71.0 cm³/mol. The number of amides is 1. The Kier molecular flexibility index (Phi) is 2.86. The van der Waals surface area contributed by atoms with Crippen molar-refractivity contribution in [2.45, 2.75) is 51.4 Å². The second-order valence-corrected chi connectivity index (χ2v) is 5.36. The van der Waals surface area contributed by atoms with E-state index in [9.17, 15) is 4.79 Å². The van der Waals surface area contributed by atoms with Crippen LogP contribution in [0.25, 0.3) is 0 Å². The highest BCUT2D eigenvalue weighted by atomic mass is 16.2. The molecule has 2 atom stereocenters. The number of carbonyl (C=O) groups is 1. The maximum Gasteiger partial charge on any atom is 0.241 e. The van der Waals surface area contributed by atoms with Gasteiger partial charge in [0.2, 0.25) is 5.91 Å². The second kappa shape index (κ2) is 4.39. The lowest BCUT2D eigenvalue weighted by atomic mass is 10.1. The van der Waals surface area contributed by atoms with Crippen molar-refractivity contribution in [1.82, 2.24) is 10.2 Å². The summed E-state index contributed by atoms with van der Waals surface area (Å²) < 4.78 is 0. The Labute approximate surface area is 108 Å². The van der Waals surface area contributed by atoms with Crippen LogP contribution in [0.4, 0.5) is 0 Å². The summed E-state index contributed by atoms with van der Waals surface area (Å²) in [6.07, 6.45) is 3.44. The molecule has 3 rings (SSSR count). The number of hydrogen-bond acceptors (Lipinski definition) is 2. The monoisotopic (exact) mass is 244 g/mol. The molecule has 1 heterocycles. The van der Waals surface area contributed by atoms with Crippen LogP contribution in [-0.2, 0) is 11.2 Å². The lowest BCUT2D eigenvalue weighted by Gasteiger charge is -2.24. The molecule has 0 aromatic heterocycles. The molecule has 0 spiro atoms. The Morgan fingerprint density at radius 2 is 1.94 bits per heavy atom. The maximum atomic E-state index is 12.2. The van der Waals surface area contributed by atoms with Gasteiger partial charge in [0.05, 0.1) is 6.04 Å². The quantitative estimate of drug-likeness (QED) is 0.884. The van der Waals surface area contributed by atoms with E-state index in [0.29, 0.717) is 6.04 Å². The first-order valence-electron chi connectivity index (χ1n) is 6.87. The molecule has 3 heteroatoms. The van der Waals surface area contributed by atoms with Crippen molar-refractivity contribution in [3.05, 3.63) is 35.4 Å². The van der Waals surface area contributed by atoms with Crippen molar-refractivity contribution in [2.75, 3.05) is 0 Å². The molecule has 1 amide bonds. The summed E-state index contributed by atoms with van der Waals surface area (Å²) in [4.78, 5) is 14.2. The van der Waals surface area contributed by atoms with E-state index in [-0.39, 0.29) is 18.1 Å². The number of rotatable bonds is 3. The van der Waals surface area contributed by atoms with E-state index in [2.05, 4.69) is 36.5 Å². The molecule has 1 aliphatic carbocycles. The van der Waals surface area contributed by atoms with E-state index < -0.39 is 0 Å². The number of nitrogens with one attached hydrogen (secondary N) is 1. The second-order valence-electron chi connectivity index (χ2n) is 5.36. The first kappa shape index (κ1) is 11.7. The molecule has 0 radical (unpaired) electrons. The van der Waals surface area contributed by atoms with E-state index in [1.807, 2.05) is 11.8 Å². The Hall–Kier alpha value is -1.35. The van der Waals surface area contributed by atoms with Crippen LogP contribution < -0.4 is 5.32 Å². The van der Waals surface area contributed by atoms with Crippen LogP contribution in [-0.4, -0.2) is 22.9 Å². The smallest absolute Gasteiger partial charge is 0.241 e. The number of aryl methyl sites for hydroxylation is 1. The van der Waals surface area contributed by atoms with Crippen LogP contribution in [0.5, 0.6) is 0 Å². The largest absolute Gasteiger partial charge is 0.319 e. The van der Waals surface area contributed by atoms with Gasteiger partial charge in [-0.2, -0.15) is 0 Å². The third kappa shape index (κ3) is 1.93. The van der Waals surface area contributed by atoms with Gasteiger partial charge in [0.1, 0.15) is 6.17 Å². The highest BCUT2D eigenvalue weighted by Crippen LogP contribution is 2.37. The first-order chi connectivity index (χ1) is 8.70. The van der Waals surface area contributed by atoms with Crippen molar-refractivity contribution < 1.29 is 4.79 Å². The van der Waals surface area contributed by atoms with E-state index >= 15 is 0 Å². The molecule has 0 bridgehead atoms. The zero-order valence-electron chi connectivity index (χ0n) is 11.0. The zero-order chi connectivity index (χ0) is 12.7. The molecule has 1 aromatic carbocycles. The Bertz CT molecular complexity index is 450. The van der Waals surface area contributed by atoms with E-state index in [4.69, 9.17) is 0 Å². The molecule has 2 unspecified atom stereocenters. The standard InChI is InChI=1S/C15H20N2O/c1-3-11-4-6-12(7-5-11)14-16-10(2)15(18)17(14)13-8-9-13/h4-7,10,13-14,16H,3,8-9H2,1-2H3. The fraction of sp³-hybridized carbons (Fsp3) is 0.533. The first-order valence-corrected chi connectivity index (χ1v) is 6.87. The normalized spacial score (nSPS) is 27.9. The minimum absolute atomic E-state index is 0.0542. The Morgan fingerprint density at radius 3 is 2.50 bits per heavy atom. The molecule has 1 N–H and O–H groups in total. The van der Waals surface area contributed by atoms with Crippen molar-refractivity contribution in [2.24, 2.45) is 0 Å². The third-order valence-electron chi connectivity index (χ3n) is 3.95. The van der Waals surface area contributed by atoms with Crippen LogP contribution >= 0.6 is 0 Å². The van der Waals surface area contributed by atoms with Crippen molar-refractivity contribution in [3.63, 3.8) is 0 Å². The van der Waals surface area contributed by atoms with Crippen LogP contribution in [0.2, 0.25) is 0 Å². The van der Waals surface area contributed by atoms with Crippen LogP contribution in [0.15, 0.2) is 24.3 Å². The summed E-state index contributed by atoms with van der Waals surface area (Å²) in [6, 6.07) is 9.03. The van der Waals surface area contributed by atoms with Crippen LogP contribution in [0, 0.1) is 0 Å². The van der Waals surface area contributed by atoms with Gasteiger partial charge < -0.3 is 4.90 Å². The molecular weight excluding hydrogens is 224 g/mol. The number of hydrogen-bond donors (Lipinski definition) is 1. The Morgan fingerprint density at radius 1 is 1.28 bits per heavy atom. The molecule has 1 aliphatic heterocycles. The highest BCUT2D eigenvalue weighted by Gasteiger charge is 2.44. The maximum absolute atomic E-state index is 12.2. The molecule has 1 saturated heterocycles. The summed E-state index contributed by atoms with van der Waals surface area (Å²) in [5, 5.41) is 3.41. The topological polar surface area (TPSA) is 32.3 Å². The minimum atomic E-state index is -0.0542. The predicted octanol–water partition coefficient (Wildman–Crippen LogP) is 2.23.